The normalized spacial score (nSPS) is 12.0. The highest BCUT2D eigenvalue weighted by atomic mass is 79.9. The lowest BCUT2D eigenvalue weighted by Gasteiger charge is -2.25. The van der Waals surface area contributed by atoms with E-state index in [2.05, 4.69) is 15.9 Å². The van der Waals surface area contributed by atoms with Crippen LogP contribution in [0.3, 0.4) is 0 Å². The van der Waals surface area contributed by atoms with Gasteiger partial charge in [-0.2, -0.15) is 0 Å². The van der Waals surface area contributed by atoms with Gasteiger partial charge in [0.05, 0.1) is 18.9 Å². The van der Waals surface area contributed by atoms with Gasteiger partial charge in [-0.05, 0) is 47.0 Å². The van der Waals surface area contributed by atoms with Crippen molar-refractivity contribution in [2.24, 2.45) is 0 Å². The van der Waals surface area contributed by atoms with E-state index in [0.717, 1.165) is 17.7 Å². The molecule has 0 N–H and O–H groups in total. The second kappa shape index (κ2) is 6.80. The van der Waals surface area contributed by atoms with Crippen molar-refractivity contribution >= 4 is 21.8 Å². The van der Waals surface area contributed by atoms with E-state index in [-0.39, 0.29) is 11.9 Å². The molecule has 4 nitrogen and oxygen atoms in total. The first kappa shape index (κ1) is 15.6. The van der Waals surface area contributed by atoms with Crippen LogP contribution < -0.4 is 4.74 Å². The zero-order valence-electron chi connectivity index (χ0n) is 12.3. The van der Waals surface area contributed by atoms with Crippen LogP contribution in [0, 0.1) is 0 Å². The van der Waals surface area contributed by atoms with Crippen molar-refractivity contribution in [1.82, 2.24) is 4.90 Å². The molecule has 0 saturated heterocycles. The third-order valence-corrected chi connectivity index (χ3v) is 4.15. The van der Waals surface area contributed by atoms with E-state index in [1.807, 2.05) is 31.2 Å². The molecule has 0 radical (unpaired) electrons. The summed E-state index contributed by atoms with van der Waals surface area (Å²) in [5.74, 6) is 0.771. The number of para-hydroxylation sites is 1. The third kappa shape index (κ3) is 3.47. The number of halogens is 1. The molecule has 21 heavy (non-hydrogen) atoms. The Morgan fingerprint density at radius 3 is 2.71 bits per heavy atom. The van der Waals surface area contributed by atoms with Gasteiger partial charge in [-0.15, -0.1) is 0 Å². The number of methoxy groups -OCH3 is 1. The number of benzene rings is 1. The minimum atomic E-state index is -0.0713. The van der Waals surface area contributed by atoms with Crippen LogP contribution in [0.2, 0.25) is 0 Å². The highest BCUT2D eigenvalue weighted by molar-refractivity contribution is 9.10. The first-order valence-electron chi connectivity index (χ1n) is 6.66. The first-order valence-corrected chi connectivity index (χ1v) is 7.46. The lowest BCUT2D eigenvalue weighted by Crippen LogP contribution is -2.36. The Morgan fingerprint density at radius 1 is 1.38 bits per heavy atom. The fourth-order valence-electron chi connectivity index (χ4n) is 2.16. The molecule has 1 atom stereocenters. The van der Waals surface area contributed by atoms with Crippen LogP contribution in [-0.2, 0) is 6.42 Å². The van der Waals surface area contributed by atoms with Crippen LogP contribution in [0.5, 0.6) is 5.75 Å². The first-order chi connectivity index (χ1) is 10.0. The molecule has 5 heteroatoms. The second-order valence-corrected chi connectivity index (χ2v) is 5.61. The van der Waals surface area contributed by atoms with Crippen LogP contribution in [0.15, 0.2) is 45.7 Å². The predicted molar refractivity (Wildman–Crippen MR) is 84.7 cm³/mol. The Labute approximate surface area is 132 Å². The number of furan rings is 1. The van der Waals surface area contributed by atoms with Gasteiger partial charge in [0.2, 0.25) is 0 Å². The summed E-state index contributed by atoms with van der Waals surface area (Å²) in [5, 5.41) is 0. The van der Waals surface area contributed by atoms with E-state index in [1.54, 1.807) is 25.1 Å². The predicted octanol–water partition coefficient (Wildman–Crippen LogP) is 3.75. The van der Waals surface area contributed by atoms with Gasteiger partial charge >= 0.3 is 0 Å². The Morgan fingerprint density at radius 2 is 2.10 bits per heavy atom. The zero-order valence-corrected chi connectivity index (χ0v) is 13.9. The van der Waals surface area contributed by atoms with E-state index in [9.17, 15) is 4.79 Å². The summed E-state index contributed by atoms with van der Waals surface area (Å²) < 4.78 is 10.9. The molecule has 0 aliphatic heterocycles. The maximum atomic E-state index is 12.4. The summed E-state index contributed by atoms with van der Waals surface area (Å²) in [5.41, 5.74) is 1.61. The minimum absolute atomic E-state index is 0.0376. The molecule has 1 unspecified atom stereocenters. The number of rotatable bonds is 5. The van der Waals surface area contributed by atoms with Gasteiger partial charge in [-0.3, -0.25) is 4.79 Å². The molecule has 0 saturated carbocycles. The summed E-state index contributed by atoms with van der Waals surface area (Å²) in [4.78, 5) is 14.1. The molecule has 1 aromatic heterocycles. The fraction of sp³-hybridized carbons (Fsp3) is 0.312. The Kier molecular flexibility index (Phi) is 5.07. The Hall–Kier alpha value is -1.75. The van der Waals surface area contributed by atoms with Crippen molar-refractivity contribution in [3.63, 3.8) is 0 Å². The molecule has 1 heterocycles. The SMILES string of the molecule is COc1ccccc1CC(C)N(C)C(=O)c1ccoc1Br. The molecule has 1 aromatic carbocycles. The van der Waals surface area contributed by atoms with Crippen molar-refractivity contribution in [3.8, 4) is 5.75 Å². The van der Waals surface area contributed by atoms with Crippen molar-refractivity contribution < 1.29 is 13.9 Å². The smallest absolute Gasteiger partial charge is 0.258 e. The van der Waals surface area contributed by atoms with E-state index >= 15 is 0 Å². The molecule has 0 aliphatic carbocycles. The molecular formula is C16H18BrNO3. The Bertz CT molecular complexity index is 623. The topological polar surface area (TPSA) is 42.7 Å². The van der Waals surface area contributed by atoms with Crippen LogP contribution >= 0.6 is 15.9 Å². The van der Waals surface area contributed by atoms with Crippen molar-refractivity contribution in [2.45, 2.75) is 19.4 Å². The molecule has 0 bridgehead atoms. The molecule has 0 spiro atoms. The molecule has 2 rings (SSSR count). The molecule has 1 amide bonds. The summed E-state index contributed by atoms with van der Waals surface area (Å²) in [7, 11) is 3.45. The van der Waals surface area contributed by atoms with Gasteiger partial charge in [0.1, 0.15) is 5.75 Å². The van der Waals surface area contributed by atoms with E-state index in [0.29, 0.717) is 10.2 Å². The minimum Gasteiger partial charge on any atom is -0.496 e. The zero-order chi connectivity index (χ0) is 15.4. The van der Waals surface area contributed by atoms with Crippen LogP contribution in [0.4, 0.5) is 0 Å². The molecular weight excluding hydrogens is 334 g/mol. The average molecular weight is 352 g/mol. The van der Waals surface area contributed by atoms with Crippen LogP contribution in [0.25, 0.3) is 0 Å². The number of ether oxygens (including phenoxy) is 1. The summed E-state index contributed by atoms with van der Waals surface area (Å²) in [6, 6.07) is 9.55. The lowest BCUT2D eigenvalue weighted by atomic mass is 10.0. The number of nitrogens with zero attached hydrogens (tertiary/aromatic N) is 1. The number of hydrogen-bond donors (Lipinski definition) is 0. The highest BCUT2D eigenvalue weighted by Crippen LogP contribution is 2.23. The fourth-order valence-corrected chi connectivity index (χ4v) is 2.57. The Balaban J connectivity index is 2.11. The number of likely N-dealkylation sites (N-methyl/N-ethyl adjacent to an activating group) is 1. The molecule has 112 valence electrons. The molecule has 0 fully saturated rings. The van der Waals surface area contributed by atoms with Gasteiger partial charge < -0.3 is 14.1 Å². The summed E-state index contributed by atoms with van der Waals surface area (Å²) in [6.07, 6.45) is 2.22. The number of amides is 1. The van der Waals surface area contributed by atoms with E-state index in [4.69, 9.17) is 9.15 Å². The second-order valence-electron chi connectivity index (χ2n) is 4.89. The average Bonchev–Trinajstić information content (AvgIpc) is 2.92. The van der Waals surface area contributed by atoms with Crippen LogP contribution in [0.1, 0.15) is 22.8 Å². The summed E-state index contributed by atoms with van der Waals surface area (Å²) in [6.45, 7) is 2.01. The third-order valence-electron chi connectivity index (χ3n) is 3.54. The maximum absolute atomic E-state index is 12.4. The van der Waals surface area contributed by atoms with Crippen molar-refractivity contribution in [1.29, 1.82) is 0 Å². The van der Waals surface area contributed by atoms with Gasteiger partial charge in [-0.25, -0.2) is 0 Å². The number of hydrogen-bond acceptors (Lipinski definition) is 3. The van der Waals surface area contributed by atoms with E-state index in [1.165, 1.54) is 6.26 Å². The van der Waals surface area contributed by atoms with Gasteiger partial charge in [-0.1, -0.05) is 18.2 Å². The lowest BCUT2D eigenvalue weighted by molar-refractivity contribution is 0.0741. The summed E-state index contributed by atoms with van der Waals surface area (Å²) >= 11 is 3.24. The van der Waals surface area contributed by atoms with Gasteiger partial charge in [0.15, 0.2) is 4.67 Å². The highest BCUT2D eigenvalue weighted by Gasteiger charge is 2.22. The quantitative estimate of drug-likeness (QED) is 0.823. The van der Waals surface area contributed by atoms with Crippen LogP contribution in [-0.4, -0.2) is 31.0 Å². The molecule has 2 aromatic rings. The largest absolute Gasteiger partial charge is 0.496 e. The van der Waals surface area contributed by atoms with Gasteiger partial charge in [0, 0.05) is 13.1 Å². The number of carbonyl (C=O) groups is 1. The number of carbonyl (C=O) groups excluding carboxylic acids is 1. The van der Waals surface area contributed by atoms with Crippen molar-refractivity contribution in [3.05, 3.63) is 52.4 Å². The maximum Gasteiger partial charge on any atom is 0.258 e. The standard InChI is InChI=1S/C16H18BrNO3/c1-11(10-12-6-4-5-7-14(12)20-3)18(2)16(19)13-8-9-21-15(13)17/h4-9,11H,10H2,1-3H3. The van der Waals surface area contributed by atoms with E-state index < -0.39 is 0 Å². The molecule has 0 aliphatic rings. The van der Waals surface area contributed by atoms with Crippen molar-refractivity contribution in [2.75, 3.05) is 14.2 Å². The van der Waals surface area contributed by atoms with Gasteiger partial charge in [0.25, 0.3) is 5.91 Å². The monoisotopic (exact) mass is 351 g/mol.